The molecular weight excluding hydrogens is 346 g/mol. The van der Waals surface area contributed by atoms with Crippen LogP contribution in [0.1, 0.15) is 28.5 Å². The zero-order chi connectivity index (χ0) is 18.8. The fourth-order valence-corrected chi connectivity index (χ4v) is 3.19. The number of hydrogen-bond acceptors (Lipinski definition) is 6. The topological polar surface area (TPSA) is 104 Å². The molecule has 1 aliphatic rings. The van der Waals surface area contributed by atoms with Crippen molar-refractivity contribution < 1.29 is 14.6 Å². The number of fused-ring (bicyclic) bond motifs is 1. The van der Waals surface area contributed by atoms with E-state index < -0.39 is 5.97 Å². The van der Waals surface area contributed by atoms with Crippen molar-refractivity contribution in [3.63, 3.8) is 0 Å². The van der Waals surface area contributed by atoms with E-state index in [0.29, 0.717) is 36.1 Å². The Morgan fingerprint density at radius 3 is 3.07 bits per heavy atom. The van der Waals surface area contributed by atoms with E-state index in [1.807, 2.05) is 19.2 Å². The molecule has 0 spiro atoms. The minimum absolute atomic E-state index is 0.121. The molecule has 27 heavy (non-hydrogen) atoms. The van der Waals surface area contributed by atoms with Crippen molar-refractivity contribution in [2.75, 3.05) is 18.1 Å². The number of nitrogens with zero attached hydrogens (tertiary/aromatic N) is 4. The summed E-state index contributed by atoms with van der Waals surface area (Å²) in [6, 6.07) is 6.85. The van der Waals surface area contributed by atoms with Crippen molar-refractivity contribution in [1.82, 2.24) is 20.2 Å². The monoisotopic (exact) mass is 365 g/mol. The van der Waals surface area contributed by atoms with E-state index in [-0.39, 0.29) is 5.56 Å². The minimum atomic E-state index is -1.03. The number of H-pyrrole nitrogens is 1. The zero-order valence-corrected chi connectivity index (χ0v) is 14.8. The molecule has 8 nitrogen and oxygen atoms in total. The molecule has 2 aromatic heterocycles. The van der Waals surface area contributed by atoms with Gasteiger partial charge in [0.25, 0.3) is 0 Å². The summed E-state index contributed by atoms with van der Waals surface area (Å²) in [6.07, 6.45) is 4.38. The Bertz CT molecular complexity index is 985. The van der Waals surface area contributed by atoms with Crippen molar-refractivity contribution in [3.05, 3.63) is 53.5 Å². The molecular formula is C19H19N5O3. The molecule has 1 aliphatic heterocycles. The van der Waals surface area contributed by atoms with Crippen molar-refractivity contribution in [2.45, 2.75) is 19.9 Å². The SMILES string of the molecule is CCOc1ccc(-c2ccnc(N3CCc4[nH]ncc4C3)n2)cc1C(=O)O. The average molecular weight is 365 g/mol. The number of nitrogens with one attached hydrogen (secondary N) is 1. The summed E-state index contributed by atoms with van der Waals surface area (Å²) in [4.78, 5) is 22.7. The van der Waals surface area contributed by atoms with Crippen LogP contribution in [0.3, 0.4) is 0 Å². The summed E-state index contributed by atoms with van der Waals surface area (Å²) < 4.78 is 5.40. The standard InChI is InChI=1S/C19H19N5O3/c1-2-27-17-4-3-12(9-14(17)18(25)26)15-5-7-20-19(22-15)24-8-6-16-13(11-24)10-21-23-16/h3-5,7,9-10H,2,6,8,11H2,1H3,(H,21,23)(H,25,26). The van der Waals surface area contributed by atoms with Gasteiger partial charge in [-0.15, -0.1) is 0 Å². The van der Waals surface area contributed by atoms with Gasteiger partial charge in [-0.25, -0.2) is 14.8 Å². The molecule has 0 saturated carbocycles. The van der Waals surface area contributed by atoms with Crippen LogP contribution in [0.4, 0.5) is 5.95 Å². The maximum atomic E-state index is 11.6. The Hall–Kier alpha value is -3.42. The number of aromatic carboxylic acids is 1. The molecule has 0 fully saturated rings. The molecule has 0 atom stereocenters. The van der Waals surface area contributed by atoms with Crippen LogP contribution < -0.4 is 9.64 Å². The number of carbonyl (C=O) groups is 1. The molecule has 0 saturated heterocycles. The van der Waals surface area contributed by atoms with Gasteiger partial charge >= 0.3 is 5.97 Å². The van der Waals surface area contributed by atoms with Crippen LogP contribution >= 0.6 is 0 Å². The minimum Gasteiger partial charge on any atom is -0.493 e. The summed E-state index contributed by atoms with van der Waals surface area (Å²) >= 11 is 0. The van der Waals surface area contributed by atoms with Crippen LogP contribution in [0, 0.1) is 0 Å². The lowest BCUT2D eigenvalue weighted by Crippen LogP contribution is -2.31. The molecule has 1 aromatic carbocycles. The molecule has 0 amide bonds. The normalized spacial score (nSPS) is 13.3. The van der Waals surface area contributed by atoms with E-state index in [0.717, 1.165) is 24.2 Å². The van der Waals surface area contributed by atoms with Crippen LogP contribution in [-0.2, 0) is 13.0 Å². The third-order valence-corrected chi connectivity index (χ3v) is 4.53. The van der Waals surface area contributed by atoms with Crippen molar-refractivity contribution in [3.8, 4) is 17.0 Å². The second kappa shape index (κ2) is 7.06. The summed E-state index contributed by atoms with van der Waals surface area (Å²) in [7, 11) is 0. The molecule has 3 heterocycles. The van der Waals surface area contributed by atoms with Gasteiger partial charge in [-0.2, -0.15) is 5.10 Å². The average Bonchev–Trinajstić information content (AvgIpc) is 3.16. The van der Waals surface area contributed by atoms with Crippen LogP contribution in [0.5, 0.6) is 5.75 Å². The van der Waals surface area contributed by atoms with Crippen LogP contribution in [0.25, 0.3) is 11.3 Å². The van der Waals surface area contributed by atoms with E-state index in [1.54, 1.807) is 24.4 Å². The lowest BCUT2D eigenvalue weighted by molar-refractivity contribution is 0.0692. The lowest BCUT2D eigenvalue weighted by Gasteiger charge is -2.26. The predicted molar refractivity (Wildman–Crippen MR) is 98.9 cm³/mol. The zero-order valence-electron chi connectivity index (χ0n) is 14.8. The predicted octanol–water partition coefficient (Wildman–Crippen LogP) is 2.53. The second-order valence-corrected chi connectivity index (χ2v) is 6.24. The van der Waals surface area contributed by atoms with Gasteiger partial charge in [-0.05, 0) is 31.2 Å². The molecule has 8 heteroatoms. The number of rotatable bonds is 5. The number of ether oxygens (including phenoxy) is 1. The quantitative estimate of drug-likeness (QED) is 0.716. The van der Waals surface area contributed by atoms with Gasteiger partial charge in [0.2, 0.25) is 5.95 Å². The largest absolute Gasteiger partial charge is 0.493 e. The molecule has 2 N–H and O–H groups in total. The lowest BCUT2D eigenvalue weighted by atomic mass is 10.1. The van der Waals surface area contributed by atoms with Crippen molar-refractivity contribution in [2.24, 2.45) is 0 Å². The smallest absolute Gasteiger partial charge is 0.339 e. The van der Waals surface area contributed by atoms with Crippen LogP contribution in [-0.4, -0.2) is 44.4 Å². The van der Waals surface area contributed by atoms with E-state index in [4.69, 9.17) is 4.74 Å². The summed E-state index contributed by atoms with van der Waals surface area (Å²) in [5.41, 5.74) is 3.80. The van der Waals surface area contributed by atoms with Gasteiger partial charge in [0, 0.05) is 42.5 Å². The number of aromatic amines is 1. The van der Waals surface area contributed by atoms with E-state index in [9.17, 15) is 9.90 Å². The highest BCUT2D eigenvalue weighted by Crippen LogP contribution is 2.27. The number of carboxylic acid groups (broad SMARTS) is 1. The van der Waals surface area contributed by atoms with Crippen LogP contribution in [0.15, 0.2) is 36.7 Å². The molecule has 0 unspecified atom stereocenters. The van der Waals surface area contributed by atoms with Crippen molar-refractivity contribution in [1.29, 1.82) is 0 Å². The van der Waals surface area contributed by atoms with Crippen LogP contribution in [0.2, 0.25) is 0 Å². The molecule has 0 aliphatic carbocycles. The molecule has 0 bridgehead atoms. The third-order valence-electron chi connectivity index (χ3n) is 4.53. The van der Waals surface area contributed by atoms with E-state index in [1.165, 1.54) is 0 Å². The molecule has 4 rings (SSSR count). The molecule has 138 valence electrons. The Balaban J connectivity index is 1.65. The summed E-state index contributed by atoms with van der Waals surface area (Å²) in [6.45, 7) is 3.71. The van der Waals surface area contributed by atoms with Gasteiger partial charge in [-0.1, -0.05) is 0 Å². The Morgan fingerprint density at radius 2 is 2.26 bits per heavy atom. The van der Waals surface area contributed by atoms with E-state index >= 15 is 0 Å². The third kappa shape index (κ3) is 3.33. The number of benzene rings is 1. The van der Waals surface area contributed by atoms with E-state index in [2.05, 4.69) is 25.1 Å². The summed E-state index contributed by atoms with van der Waals surface area (Å²) in [5.74, 6) is -0.0604. The van der Waals surface area contributed by atoms with Gasteiger partial charge in [-0.3, -0.25) is 5.10 Å². The number of hydrogen-bond donors (Lipinski definition) is 2. The number of aromatic nitrogens is 4. The fraction of sp³-hybridized carbons (Fsp3) is 0.263. The van der Waals surface area contributed by atoms with Gasteiger partial charge in [0.05, 0.1) is 18.5 Å². The Labute approximate surface area is 155 Å². The maximum absolute atomic E-state index is 11.6. The first-order valence-corrected chi connectivity index (χ1v) is 8.75. The highest BCUT2D eigenvalue weighted by molar-refractivity contribution is 5.92. The Kier molecular flexibility index (Phi) is 4.45. The van der Waals surface area contributed by atoms with Gasteiger partial charge in [0.15, 0.2) is 0 Å². The fourth-order valence-electron chi connectivity index (χ4n) is 3.19. The maximum Gasteiger partial charge on any atom is 0.339 e. The second-order valence-electron chi connectivity index (χ2n) is 6.24. The first-order chi connectivity index (χ1) is 13.2. The number of anilines is 1. The molecule has 0 radical (unpaired) electrons. The van der Waals surface area contributed by atoms with Crippen molar-refractivity contribution >= 4 is 11.9 Å². The Morgan fingerprint density at radius 1 is 1.37 bits per heavy atom. The number of carboxylic acids is 1. The van der Waals surface area contributed by atoms with Gasteiger partial charge < -0.3 is 14.7 Å². The highest BCUT2D eigenvalue weighted by atomic mass is 16.5. The van der Waals surface area contributed by atoms with Gasteiger partial charge in [0.1, 0.15) is 11.3 Å². The highest BCUT2D eigenvalue weighted by Gasteiger charge is 2.20. The molecule has 3 aromatic rings. The first kappa shape index (κ1) is 17.0. The summed E-state index contributed by atoms with van der Waals surface area (Å²) in [5, 5.41) is 16.6. The first-order valence-electron chi connectivity index (χ1n) is 8.75.